The van der Waals surface area contributed by atoms with E-state index in [1.165, 1.54) is 0 Å². The van der Waals surface area contributed by atoms with Crippen molar-refractivity contribution in [3.05, 3.63) is 58.4 Å². The number of pyridine rings is 1. The second-order valence-corrected chi connectivity index (χ2v) is 5.02. The minimum atomic E-state index is -0.321. The maximum absolute atomic E-state index is 12.1. The number of anilines is 1. The van der Waals surface area contributed by atoms with Crippen LogP contribution in [0.5, 0.6) is 0 Å². The summed E-state index contributed by atoms with van der Waals surface area (Å²) in [7, 11) is 0. The van der Waals surface area contributed by atoms with Gasteiger partial charge in [-0.3, -0.25) is 4.79 Å². The molecule has 4 nitrogen and oxygen atoms in total. The molecule has 2 aromatic rings. The number of carbonyl (C=O) groups excluding carboxylic acids is 1. The first-order chi connectivity index (χ1) is 9.47. The third-order valence-corrected chi connectivity index (χ3v) is 3.17. The maximum atomic E-state index is 12.1. The van der Waals surface area contributed by atoms with Gasteiger partial charge in [-0.15, -0.1) is 0 Å². The van der Waals surface area contributed by atoms with Crippen LogP contribution in [0.25, 0.3) is 0 Å². The van der Waals surface area contributed by atoms with Gasteiger partial charge in [-0.1, -0.05) is 29.9 Å². The van der Waals surface area contributed by atoms with Gasteiger partial charge in [0.25, 0.3) is 5.91 Å². The number of nitrogens with zero attached hydrogens (tertiary/aromatic N) is 1. The molecule has 1 aromatic carbocycles. The molecule has 0 aliphatic rings. The molecule has 0 saturated heterocycles. The minimum absolute atomic E-state index is 0.255. The van der Waals surface area contributed by atoms with Gasteiger partial charge in [0.05, 0.1) is 10.7 Å². The summed E-state index contributed by atoms with van der Waals surface area (Å²) in [5.41, 5.74) is 7.76. The normalized spacial score (nSPS) is 10.1. The van der Waals surface area contributed by atoms with Crippen LogP contribution in [0.15, 0.2) is 36.4 Å². The molecule has 2 rings (SSSR count). The van der Waals surface area contributed by atoms with Crippen molar-refractivity contribution in [3.63, 3.8) is 0 Å². The van der Waals surface area contributed by atoms with E-state index in [-0.39, 0.29) is 10.9 Å². The van der Waals surface area contributed by atoms with Crippen molar-refractivity contribution < 1.29 is 4.79 Å². The van der Waals surface area contributed by atoms with Crippen LogP contribution in [-0.2, 0) is 0 Å². The first-order valence-electron chi connectivity index (χ1n) is 5.82. The van der Waals surface area contributed by atoms with E-state index >= 15 is 0 Å². The van der Waals surface area contributed by atoms with Gasteiger partial charge in [-0.25, -0.2) is 4.98 Å². The zero-order chi connectivity index (χ0) is 14.7. The fourth-order valence-corrected chi connectivity index (χ4v) is 1.98. The molecule has 20 heavy (non-hydrogen) atoms. The first-order valence-corrected chi connectivity index (χ1v) is 6.60. The zero-order valence-corrected chi connectivity index (χ0v) is 12.3. The highest BCUT2D eigenvalue weighted by Gasteiger charge is 2.10. The van der Waals surface area contributed by atoms with Crippen LogP contribution >= 0.6 is 23.8 Å². The molecule has 6 heteroatoms. The van der Waals surface area contributed by atoms with Gasteiger partial charge in [0.1, 0.15) is 10.7 Å². The van der Waals surface area contributed by atoms with Crippen LogP contribution in [0, 0.1) is 6.92 Å². The van der Waals surface area contributed by atoms with Crippen molar-refractivity contribution in [2.75, 3.05) is 5.32 Å². The van der Waals surface area contributed by atoms with Gasteiger partial charge in [0.2, 0.25) is 0 Å². The number of hydrogen-bond acceptors (Lipinski definition) is 3. The summed E-state index contributed by atoms with van der Waals surface area (Å²) in [6, 6.07) is 10.2. The molecular formula is C14H12ClN3OS. The SMILES string of the molecule is Cc1cccc(C(=O)Nc2ccc(C(N)=S)cc2Cl)n1. The van der Waals surface area contributed by atoms with E-state index in [0.29, 0.717) is 22.0 Å². The van der Waals surface area contributed by atoms with Crippen LogP contribution in [0.3, 0.4) is 0 Å². The summed E-state index contributed by atoms with van der Waals surface area (Å²) < 4.78 is 0. The van der Waals surface area contributed by atoms with Crippen LogP contribution < -0.4 is 11.1 Å². The number of thiocarbonyl (C=S) groups is 1. The Labute approximate surface area is 127 Å². The highest BCUT2D eigenvalue weighted by atomic mass is 35.5. The van der Waals surface area contributed by atoms with Crippen LogP contribution in [0.1, 0.15) is 21.7 Å². The highest BCUT2D eigenvalue weighted by Crippen LogP contribution is 2.23. The lowest BCUT2D eigenvalue weighted by Crippen LogP contribution is -2.15. The smallest absolute Gasteiger partial charge is 0.274 e. The summed E-state index contributed by atoms with van der Waals surface area (Å²) in [6.45, 7) is 1.82. The number of nitrogens with two attached hydrogens (primary N) is 1. The molecule has 102 valence electrons. The predicted molar refractivity (Wildman–Crippen MR) is 84.3 cm³/mol. The van der Waals surface area contributed by atoms with E-state index < -0.39 is 0 Å². The van der Waals surface area contributed by atoms with Gasteiger partial charge < -0.3 is 11.1 Å². The number of nitrogens with one attached hydrogen (secondary N) is 1. The quantitative estimate of drug-likeness (QED) is 0.856. The van der Waals surface area contributed by atoms with Crippen LogP contribution in [-0.4, -0.2) is 15.9 Å². The van der Waals surface area contributed by atoms with Gasteiger partial charge in [0.15, 0.2) is 0 Å². The van der Waals surface area contributed by atoms with E-state index in [2.05, 4.69) is 10.3 Å². The summed E-state index contributed by atoms with van der Waals surface area (Å²) in [6.07, 6.45) is 0. The van der Waals surface area contributed by atoms with Gasteiger partial charge >= 0.3 is 0 Å². The lowest BCUT2D eigenvalue weighted by Gasteiger charge is -2.08. The Balaban J connectivity index is 2.22. The number of rotatable bonds is 3. The number of carbonyl (C=O) groups is 1. The molecule has 0 atom stereocenters. The lowest BCUT2D eigenvalue weighted by atomic mass is 10.2. The van der Waals surface area contributed by atoms with Crippen molar-refractivity contribution in [2.24, 2.45) is 5.73 Å². The highest BCUT2D eigenvalue weighted by molar-refractivity contribution is 7.80. The average molecular weight is 306 g/mol. The number of benzene rings is 1. The molecule has 0 fully saturated rings. The van der Waals surface area contributed by atoms with Crippen molar-refractivity contribution in [2.45, 2.75) is 6.92 Å². The molecule has 1 heterocycles. The zero-order valence-electron chi connectivity index (χ0n) is 10.7. The standard InChI is InChI=1S/C14H12ClN3OS/c1-8-3-2-4-12(17-8)14(19)18-11-6-5-9(13(16)20)7-10(11)15/h2-7H,1H3,(H2,16,20)(H,18,19). The van der Waals surface area contributed by atoms with Crippen LogP contribution in [0.4, 0.5) is 5.69 Å². The third kappa shape index (κ3) is 3.31. The fourth-order valence-electron chi connectivity index (χ4n) is 1.63. The molecule has 1 amide bonds. The Morgan fingerprint density at radius 2 is 2.10 bits per heavy atom. The monoisotopic (exact) mass is 305 g/mol. The van der Waals surface area contributed by atoms with Crippen molar-refractivity contribution in [1.82, 2.24) is 4.98 Å². The number of aryl methyl sites for hydroxylation is 1. The second-order valence-electron chi connectivity index (χ2n) is 4.18. The number of amides is 1. The van der Waals surface area contributed by atoms with E-state index in [9.17, 15) is 4.79 Å². The average Bonchev–Trinajstić information content (AvgIpc) is 2.40. The third-order valence-electron chi connectivity index (χ3n) is 2.62. The summed E-state index contributed by atoms with van der Waals surface area (Å²) in [5.74, 6) is -0.321. The number of hydrogen-bond donors (Lipinski definition) is 2. The molecule has 0 aliphatic heterocycles. The molecule has 0 spiro atoms. The van der Waals surface area contributed by atoms with Gasteiger partial charge in [0, 0.05) is 11.3 Å². The molecule has 1 aromatic heterocycles. The first kappa shape index (κ1) is 14.4. The summed E-state index contributed by atoms with van der Waals surface area (Å²) in [5, 5.41) is 3.07. The number of halogens is 1. The fraction of sp³-hybridized carbons (Fsp3) is 0.0714. The van der Waals surface area contributed by atoms with E-state index in [1.54, 1.807) is 30.3 Å². The largest absolute Gasteiger partial charge is 0.389 e. The predicted octanol–water partition coefficient (Wildman–Crippen LogP) is 2.93. The van der Waals surface area contributed by atoms with Gasteiger partial charge in [-0.2, -0.15) is 0 Å². The van der Waals surface area contributed by atoms with Crippen molar-refractivity contribution >= 4 is 40.4 Å². The summed E-state index contributed by atoms with van der Waals surface area (Å²) in [4.78, 5) is 16.5. The number of aromatic nitrogens is 1. The Bertz CT molecular complexity index is 688. The molecule has 0 unspecified atom stereocenters. The Morgan fingerprint density at radius 3 is 2.70 bits per heavy atom. The molecule has 0 saturated carbocycles. The van der Waals surface area contributed by atoms with E-state index in [1.807, 2.05) is 13.0 Å². The maximum Gasteiger partial charge on any atom is 0.274 e. The molecule has 0 radical (unpaired) electrons. The summed E-state index contributed by atoms with van der Waals surface area (Å²) >= 11 is 11.0. The lowest BCUT2D eigenvalue weighted by molar-refractivity contribution is 0.102. The molecule has 3 N–H and O–H groups in total. The Kier molecular flexibility index (Phi) is 4.32. The molecule has 0 aliphatic carbocycles. The Hall–Kier alpha value is -1.98. The van der Waals surface area contributed by atoms with Crippen molar-refractivity contribution in [1.29, 1.82) is 0 Å². The van der Waals surface area contributed by atoms with Gasteiger partial charge in [-0.05, 0) is 37.3 Å². The van der Waals surface area contributed by atoms with E-state index in [4.69, 9.17) is 29.6 Å². The second kappa shape index (κ2) is 5.98. The van der Waals surface area contributed by atoms with E-state index in [0.717, 1.165) is 5.69 Å². The van der Waals surface area contributed by atoms with Crippen LogP contribution in [0.2, 0.25) is 5.02 Å². The Morgan fingerprint density at radius 1 is 1.35 bits per heavy atom. The topological polar surface area (TPSA) is 68.0 Å². The molecular weight excluding hydrogens is 294 g/mol. The minimum Gasteiger partial charge on any atom is -0.389 e. The molecule has 0 bridgehead atoms. The van der Waals surface area contributed by atoms with Crippen molar-refractivity contribution in [3.8, 4) is 0 Å².